The molecule has 0 unspecified atom stereocenters. The number of fused-ring (bicyclic) bond motifs is 4. The first kappa shape index (κ1) is 26.2. The third-order valence-corrected chi connectivity index (χ3v) is 8.85. The Balaban J connectivity index is 1.15. The Bertz CT molecular complexity index is 2540. The zero-order valence-electron chi connectivity index (χ0n) is 25.0. The molecule has 0 aliphatic rings. The number of hydrogen-bond acceptors (Lipinski definition) is 3. The van der Waals surface area contributed by atoms with Crippen LogP contribution >= 0.6 is 0 Å². The van der Waals surface area contributed by atoms with E-state index in [9.17, 15) is 0 Å². The topological polar surface area (TPSA) is 29.3 Å². The van der Waals surface area contributed by atoms with E-state index in [0.29, 0.717) is 5.89 Å². The molecule has 216 valence electrons. The Kier molecular flexibility index (Phi) is 6.14. The van der Waals surface area contributed by atoms with Gasteiger partial charge < -0.3 is 9.32 Å². The number of anilines is 3. The van der Waals surface area contributed by atoms with Gasteiger partial charge in [-0.3, -0.25) is 0 Å². The van der Waals surface area contributed by atoms with Crippen molar-refractivity contribution in [1.29, 1.82) is 0 Å². The molecule has 0 radical (unpaired) electrons. The SMILES string of the molecule is c1ccc2cc(-c3nc4cccc(-c5ccc(N(c6ccc7ccccc7c6)c6cccc7ccccc67)cc5)c4o3)ccc2c1. The summed E-state index contributed by atoms with van der Waals surface area (Å²) in [5.74, 6) is 0.628. The van der Waals surface area contributed by atoms with Crippen molar-refractivity contribution in [2.75, 3.05) is 4.90 Å². The van der Waals surface area contributed by atoms with Crippen LogP contribution in [0.5, 0.6) is 0 Å². The van der Waals surface area contributed by atoms with Gasteiger partial charge in [0.05, 0.1) is 5.69 Å². The molecule has 0 fully saturated rings. The van der Waals surface area contributed by atoms with Crippen molar-refractivity contribution in [3.63, 3.8) is 0 Å². The van der Waals surface area contributed by atoms with Gasteiger partial charge in [-0.2, -0.15) is 0 Å². The second kappa shape index (κ2) is 10.8. The number of rotatable bonds is 5. The van der Waals surface area contributed by atoms with Gasteiger partial charge in [0.1, 0.15) is 5.52 Å². The average molecular weight is 589 g/mol. The van der Waals surface area contributed by atoms with Crippen LogP contribution in [0.4, 0.5) is 17.1 Å². The van der Waals surface area contributed by atoms with Crippen molar-refractivity contribution in [1.82, 2.24) is 4.98 Å². The summed E-state index contributed by atoms with van der Waals surface area (Å²) < 4.78 is 6.47. The quantitative estimate of drug-likeness (QED) is 0.200. The Hall–Kier alpha value is -6.19. The van der Waals surface area contributed by atoms with Gasteiger partial charge in [-0.05, 0) is 81.0 Å². The van der Waals surface area contributed by atoms with Gasteiger partial charge >= 0.3 is 0 Å². The minimum absolute atomic E-state index is 0.628. The van der Waals surface area contributed by atoms with Gasteiger partial charge in [-0.25, -0.2) is 4.98 Å². The highest BCUT2D eigenvalue weighted by Gasteiger charge is 2.18. The van der Waals surface area contributed by atoms with Gasteiger partial charge in [-0.1, -0.05) is 121 Å². The zero-order valence-corrected chi connectivity index (χ0v) is 25.0. The van der Waals surface area contributed by atoms with Crippen LogP contribution < -0.4 is 4.90 Å². The standard InChI is InChI=1S/C43H28N2O/c1-3-12-33-27-35(20-19-29(33)9-1)43-44-40-17-8-16-39(42(40)46-43)32-22-24-36(25-23-32)45(37-26-21-30-10-2-4-13-34(30)28-37)41-18-7-14-31-11-5-6-15-38(31)41/h1-28H. The predicted molar refractivity (Wildman–Crippen MR) is 192 cm³/mol. The molecular weight excluding hydrogens is 560 g/mol. The summed E-state index contributed by atoms with van der Waals surface area (Å²) in [6, 6.07) is 59.9. The summed E-state index contributed by atoms with van der Waals surface area (Å²) in [6.07, 6.45) is 0. The molecule has 0 aliphatic carbocycles. The van der Waals surface area contributed by atoms with Crippen molar-refractivity contribution in [2.24, 2.45) is 0 Å². The molecule has 0 N–H and O–H groups in total. The molecule has 0 amide bonds. The van der Waals surface area contributed by atoms with Crippen LogP contribution in [0.2, 0.25) is 0 Å². The molecule has 1 heterocycles. The molecule has 8 aromatic carbocycles. The highest BCUT2D eigenvalue weighted by Crippen LogP contribution is 2.41. The molecule has 0 saturated heterocycles. The summed E-state index contributed by atoms with van der Waals surface area (Å²) in [6.45, 7) is 0. The van der Waals surface area contributed by atoms with Crippen LogP contribution in [0.25, 0.3) is 66.0 Å². The van der Waals surface area contributed by atoms with Crippen molar-refractivity contribution < 1.29 is 4.42 Å². The number of benzene rings is 8. The number of para-hydroxylation sites is 1. The van der Waals surface area contributed by atoms with E-state index in [2.05, 4.69) is 169 Å². The molecular formula is C43H28N2O. The van der Waals surface area contributed by atoms with E-state index in [4.69, 9.17) is 9.40 Å². The van der Waals surface area contributed by atoms with Crippen LogP contribution in [0.15, 0.2) is 174 Å². The van der Waals surface area contributed by atoms with E-state index in [0.717, 1.165) is 44.9 Å². The van der Waals surface area contributed by atoms with Crippen LogP contribution in [-0.2, 0) is 0 Å². The van der Waals surface area contributed by atoms with Gasteiger partial charge in [0.25, 0.3) is 0 Å². The number of nitrogens with zero attached hydrogens (tertiary/aromatic N) is 2. The van der Waals surface area contributed by atoms with Crippen molar-refractivity contribution >= 4 is 60.5 Å². The van der Waals surface area contributed by atoms with Crippen LogP contribution in [0.3, 0.4) is 0 Å². The lowest BCUT2D eigenvalue weighted by Crippen LogP contribution is -2.10. The maximum absolute atomic E-state index is 6.47. The lowest BCUT2D eigenvalue weighted by Gasteiger charge is -2.27. The maximum Gasteiger partial charge on any atom is 0.227 e. The smallest absolute Gasteiger partial charge is 0.227 e. The van der Waals surface area contributed by atoms with Gasteiger partial charge in [0.15, 0.2) is 5.58 Å². The molecule has 9 rings (SSSR count). The van der Waals surface area contributed by atoms with Gasteiger partial charge in [0, 0.05) is 27.9 Å². The van der Waals surface area contributed by atoms with E-state index in [1.54, 1.807) is 0 Å². The predicted octanol–water partition coefficient (Wildman–Crippen LogP) is 12.1. The Labute approximate surface area is 266 Å². The molecule has 0 saturated carbocycles. The van der Waals surface area contributed by atoms with Gasteiger partial charge in [-0.15, -0.1) is 0 Å². The lowest BCUT2D eigenvalue weighted by molar-refractivity contribution is 0.621. The fourth-order valence-corrected chi connectivity index (χ4v) is 6.56. The first-order valence-corrected chi connectivity index (χ1v) is 15.5. The van der Waals surface area contributed by atoms with E-state index < -0.39 is 0 Å². The van der Waals surface area contributed by atoms with E-state index in [-0.39, 0.29) is 0 Å². The first-order valence-electron chi connectivity index (χ1n) is 15.5. The maximum atomic E-state index is 6.47. The Morgan fingerprint density at radius 1 is 0.435 bits per heavy atom. The zero-order chi connectivity index (χ0) is 30.5. The fourth-order valence-electron chi connectivity index (χ4n) is 6.56. The summed E-state index contributed by atoms with van der Waals surface area (Å²) in [7, 11) is 0. The fraction of sp³-hybridized carbons (Fsp3) is 0. The molecule has 46 heavy (non-hydrogen) atoms. The minimum Gasteiger partial charge on any atom is -0.435 e. The number of hydrogen-bond donors (Lipinski definition) is 0. The second-order valence-corrected chi connectivity index (χ2v) is 11.6. The molecule has 0 atom stereocenters. The van der Waals surface area contributed by atoms with E-state index in [1.165, 1.54) is 32.3 Å². The summed E-state index contributed by atoms with van der Waals surface area (Å²) in [5.41, 5.74) is 8.03. The normalized spacial score (nSPS) is 11.5. The first-order chi connectivity index (χ1) is 22.8. The summed E-state index contributed by atoms with van der Waals surface area (Å²) in [5, 5.41) is 7.21. The highest BCUT2D eigenvalue weighted by atomic mass is 16.3. The third-order valence-electron chi connectivity index (χ3n) is 8.85. The summed E-state index contributed by atoms with van der Waals surface area (Å²) >= 11 is 0. The monoisotopic (exact) mass is 588 g/mol. The molecule has 9 aromatic rings. The van der Waals surface area contributed by atoms with Crippen LogP contribution in [0, 0.1) is 0 Å². The van der Waals surface area contributed by atoms with Crippen LogP contribution in [0.1, 0.15) is 0 Å². The molecule has 0 aliphatic heterocycles. The highest BCUT2D eigenvalue weighted by molar-refractivity contribution is 6.00. The third kappa shape index (κ3) is 4.49. The molecule has 3 heteroatoms. The largest absolute Gasteiger partial charge is 0.435 e. The van der Waals surface area contributed by atoms with Crippen molar-refractivity contribution in [2.45, 2.75) is 0 Å². The van der Waals surface area contributed by atoms with Crippen molar-refractivity contribution in [3.05, 3.63) is 170 Å². The molecule has 3 nitrogen and oxygen atoms in total. The Morgan fingerprint density at radius 3 is 1.85 bits per heavy atom. The summed E-state index contributed by atoms with van der Waals surface area (Å²) in [4.78, 5) is 7.23. The van der Waals surface area contributed by atoms with Gasteiger partial charge in [0.2, 0.25) is 5.89 Å². The van der Waals surface area contributed by atoms with E-state index >= 15 is 0 Å². The Morgan fingerprint density at radius 2 is 1.04 bits per heavy atom. The number of aromatic nitrogens is 1. The molecule has 0 spiro atoms. The van der Waals surface area contributed by atoms with Crippen molar-refractivity contribution in [3.8, 4) is 22.6 Å². The lowest BCUT2D eigenvalue weighted by atomic mass is 10.0. The molecule has 1 aromatic heterocycles. The molecule has 0 bridgehead atoms. The second-order valence-electron chi connectivity index (χ2n) is 11.6. The van der Waals surface area contributed by atoms with E-state index in [1.807, 2.05) is 6.07 Å². The number of oxazole rings is 1. The van der Waals surface area contributed by atoms with Crippen LogP contribution in [-0.4, -0.2) is 4.98 Å². The minimum atomic E-state index is 0.628. The average Bonchev–Trinajstić information content (AvgIpc) is 3.57.